The van der Waals surface area contributed by atoms with Gasteiger partial charge in [0.2, 0.25) is 0 Å². The van der Waals surface area contributed by atoms with E-state index >= 15 is 0 Å². The zero-order valence-corrected chi connectivity index (χ0v) is 13.5. The molecule has 0 amide bonds. The molecule has 0 spiro atoms. The third-order valence-corrected chi connectivity index (χ3v) is 5.16. The Morgan fingerprint density at radius 1 is 1.42 bits per heavy atom. The van der Waals surface area contributed by atoms with E-state index in [0.29, 0.717) is 6.04 Å². The highest BCUT2D eigenvalue weighted by Crippen LogP contribution is 2.23. The van der Waals surface area contributed by atoms with Crippen LogP contribution in [0.5, 0.6) is 0 Å². The van der Waals surface area contributed by atoms with Gasteiger partial charge in [0, 0.05) is 48.5 Å². The Kier molecular flexibility index (Phi) is 5.39. The fraction of sp³-hybridized carbons (Fsp3) is 0.733. The number of hydrogen-bond acceptors (Lipinski definition) is 4. The summed E-state index contributed by atoms with van der Waals surface area (Å²) in [5.74, 6) is 0. The summed E-state index contributed by atoms with van der Waals surface area (Å²) in [6.07, 6.45) is 0. The van der Waals surface area contributed by atoms with Crippen LogP contribution in [0.2, 0.25) is 0 Å². The molecule has 0 saturated carbocycles. The summed E-state index contributed by atoms with van der Waals surface area (Å²) in [5, 5.41) is 3.24. The fourth-order valence-corrected chi connectivity index (χ4v) is 4.00. The third-order valence-electron chi connectivity index (χ3n) is 4.07. The van der Waals surface area contributed by atoms with Gasteiger partial charge in [0.25, 0.3) is 0 Å². The summed E-state index contributed by atoms with van der Waals surface area (Å²) in [6.45, 7) is 13.8. The average Bonchev–Trinajstić information content (AvgIpc) is 2.70. The van der Waals surface area contributed by atoms with E-state index in [1.165, 1.54) is 41.5 Å². The summed E-state index contributed by atoms with van der Waals surface area (Å²) in [4.78, 5) is 8.12. The van der Waals surface area contributed by atoms with E-state index in [1.54, 1.807) is 0 Å². The van der Waals surface area contributed by atoms with Crippen LogP contribution in [-0.2, 0) is 13.1 Å². The van der Waals surface area contributed by atoms with Gasteiger partial charge in [-0.05, 0) is 39.1 Å². The number of thiophene rings is 1. The van der Waals surface area contributed by atoms with E-state index in [0.717, 1.165) is 13.1 Å². The van der Waals surface area contributed by atoms with Crippen LogP contribution in [0, 0.1) is 6.92 Å². The van der Waals surface area contributed by atoms with Gasteiger partial charge in [0.15, 0.2) is 0 Å². The second-order valence-corrected chi connectivity index (χ2v) is 6.88. The first-order valence-corrected chi connectivity index (χ1v) is 8.14. The van der Waals surface area contributed by atoms with Crippen LogP contribution in [0.1, 0.15) is 29.2 Å². The molecule has 4 heteroatoms. The number of nitrogens with one attached hydrogen (secondary N) is 1. The minimum Gasteiger partial charge on any atom is -0.315 e. The van der Waals surface area contributed by atoms with Gasteiger partial charge in [-0.15, -0.1) is 11.3 Å². The minimum absolute atomic E-state index is 0.689. The van der Waals surface area contributed by atoms with Crippen LogP contribution >= 0.6 is 11.3 Å². The van der Waals surface area contributed by atoms with Gasteiger partial charge in [0.1, 0.15) is 0 Å². The van der Waals surface area contributed by atoms with Crippen molar-refractivity contribution in [3.8, 4) is 0 Å². The van der Waals surface area contributed by atoms with Crippen LogP contribution in [0.25, 0.3) is 0 Å². The van der Waals surface area contributed by atoms with Crippen molar-refractivity contribution >= 4 is 11.3 Å². The van der Waals surface area contributed by atoms with Crippen molar-refractivity contribution in [2.45, 2.75) is 39.9 Å². The first kappa shape index (κ1) is 15.0. The van der Waals surface area contributed by atoms with Gasteiger partial charge in [-0.2, -0.15) is 0 Å². The summed E-state index contributed by atoms with van der Waals surface area (Å²) < 4.78 is 0. The molecular weight excluding hydrogens is 254 g/mol. The molecule has 1 unspecified atom stereocenters. The molecule has 0 bridgehead atoms. The molecule has 19 heavy (non-hydrogen) atoms. The summed E-state index contributed by atoms with van der Waals surface area (Å²) in [6, 6.07) is 3.07. The van der Waals surface area contributed by atoms with Crippen molar-refractivity contribution in [2.24, 2.45) is 0 Å². The summed E-state index contributed by atoms with van der Waals surface area (Å²) in [5.41, 5.74) is 1.52. The first-order chi connectivity index (χ1) is 9.13. The van der Waals surface area contributed by atoms with Gasteiger partial charge in [-0.1, -0.05) is 6.92 Å². The number of hydrogen-bond donors (Lipinski definition) is 1. The third kappa shape index (κ3) is 3.78. The second kappa shape index (κ2) is 6.84. The Balaban J connectivity index is 1.94. The predicted octanol–water partition coefficient (Wildman–Crippen LogP) is 2.30. The number of nitrogens with zero attached hydrogens (tertiary/aromatic N) is 2. The lowest BCUT2D eigenvalue weighted by molar-refractivity contribution is 0.0834. The Labute approximate surface area is 121 Å². The predicted molar refractivity (Wildman–Crippen MR) is 83.8 cm³/mol. The van der Waals surface area contributed by atoms with E-state index in [9.17, 15) is 0 Å². The monoisotopic (exact) mass is 281 g/mol. The number of piperazine rings is 1. The quantitative estimate of drug-likeness (QED) is 0.893. The fourth-order valence-electron chi connectivity index (χ4n) is 2.93. The highest BCUT2D eigenvalue weighted by atomic mass is 32.1. The van der Waals surface area contributed by atoms with Crippen LogP contribution in [0.4, 0.5) is 0 Å². The molecule has 108 valence electrons. The highest BCUT2D eigenvalue weighted by Gasteiger charge is 2.22. The number of aryl methyl sites for hydroxylation is 1. The molecular formula is C15H27N3S. The lowest BCUT2D eigenvalue weighted by Crippen LogP contribution is -2.51. The van der Waals surface area contributed by atoms with E-state index in [2.05, 4.69) is 42.0 Å². The van der Waals surface area contributed by atoms with Gasteiger partial charge in [-0.25, -0.2) is 0 Å². The molecule has 1 fully saturated rings. The number of likely N-dealkylation sites (N-methyl/N-ethyl adjacent to an activating group) is 1. The van der Waals surface area contributed by atoms with Gasteiger partial charge >= 0.3 is 0 Å². The largest absolute Gasteiger partial charge is 0.315 e. The van der Waals surface area contributed by atoms with Gasteiger partial charge in [-0.3, -0.25) is 9.80 Å². The van der Waals surface area contributed by atoms with Crippen LogP contribution in [-0.4, -0.2) is 49.1 Å². The van der Waals surface area contributed by atoms with Crippen LogP contribution in [0.15, 0.2) is 6.07 Å². The van der Waals surface area contributed by atoms with Crippen molar-refractivity contribution in [3.63, 3.8) is 0 Å². The molecule has 2 heterocycles. The van der Waals surface area contributed by atoms with E-state index in [-0.39, 0.29) is 0 Å². The van der Waals surface area contributed by atoms with Crippen molar-refractivity contribution in [1.29, 1.82) is 0 Å². The topological polar surface area (TPSA) is 18.5 Å². The molecule has 1 N–H and O–H groups in total. The van der Waals surface area contributed by atoms with Crippen molar-refractivity contribution in [2.75, 3.05) is 33.2 Å². The SMILES string of the molecule is CCN1CCN(Cc2cc(CNC)sc2C)CC1C. The van der Waals surface area contributed by atoms with Gasteiger partial charge in [0.05, 0.1) is 0 Å². The van der Waals surface area contributed by atoms with Crippen molar-refractivity contribution in [3.05, 3.63) is 21.4 Å². The van der Waals surface area contributed by atoms with Gasteiger partial charge < -0.3 is 5.32 Å². The Hall–Kier alpha value is -0.420. The van der Waals surface area contributed by atoms with Crippen LogP contribution in [0.3, 0.4) is 0 Å². The van der Waals surface area contributed by atoms with Crippen molar-refractivity contribution in [1.82, 2.24) is 15.1 Å². The molecule has 1 atom stereocenters. The molecule has 1 aliphatic rings. The summed E-state index contributed by atoms with van der Waals surface area (Å²) >= 11 is 1.93. The molecule has 3 nitrogen and oxygen atoms in total. The Morgan fingerprint density at radius 2 is 2.21 bits per heavy atom. The maximum atomic E-state index is 3.24. The Morgan fingerprint density at radius 3 is 2.84 bits per heavy atom. The standard InChI is InChI=1S/C15H27N3S/c1-5-18-7-6-17(10-12(18)2)11-14-8-15(9-16-4)19-13(14)3/h8,12,16H,5-7,9-11H2,1-4H3. The summed E-state index contributed by atoms with van der Waals surface area (Å²) in [7, 11) is 2.01. The lowest BCUT2D eigenvalue weighted by Gasteiger charge is -2.39. The van der Waals surface area contributed by atoms with E-state index in [4.69, 9.17) is 0 Å². The molecule has 0 aliphatic carbocycles. The molecule has 0 aromatic carbocycles. The van der Waals surface area contributed by atoms with E-state index in [1.807, 2.05) is 18.4 Å². The molecule has 1 saturated heterocycles. The maximum absolute atomic E-state index is 3.24. The normalized spacial score (nSPS) is 22.0. The van der Waals surface area contributed by atoms with Crippen molar-refractivity contribution < 1.29 is 0 Å². The average molecular weight is 281 g/mol. The first-order valence-electron chi connectivity index (χ1n) is 7.33. The Bertz CT molecular complexity index is 402. The second-order valence-electron chi connectivity index (χ2n) is 5.54. The molecule has 0 radical (unpaired) electrons. The smallest absolute Gasteiger partial charge is 0.0296 e. The molecule has 1 aliphatic heterocycles. The molecule has 1 aromatic rings. The molecule has 2 rings (SSSR count). The lowest BCUT2D eigenvalue weighted by atomic mass is 10.1. The zero-order chi connectivity index (χ0) is 13.8. The highest BCUT2D eigenvalue weighted by molar-refractivity contribution is 7.12. The number of rotatable bonds is 5. The zero-order valence-electron chi connectivity index (χ0n) is 12.7. The van der Waals surface area contributed by atoms with E-state index < -0.39 is 0 Å². The minimum atomic E-state index is 0.689. The molecule has 1 aromatic heterocycles. The maximum Gasteiger partial charge on any atom is 0.0296 e. The van der Waals surface area contributed by atoms with Crippen LogP contribution < -0.4 is 5.32 Å².